The molecule has 1 aromatic heterocycles. The van der Waals surface area contributed by atoms with Crippen LogP contribution >= 0.6 is 11.6 Å². The quantitative estimate of drug-likeness (QED) is 0.617. The third-order valence-electron chi connectivity index (χ3n) is 3.43. The van der Waals surface area contributed by atoms with E-state index in [1.54, 1.807) is 6.20 Å². The van der Waals surface area contributed by atoms with Crippen LogP contribution in [0.25, 0.3) is 11.3 Å². The highest BCUT2D eigenvalue weighted by Crippen LogP contribution is 2.21. The topological polar surface area (TPSA) is 60.0 Å². The molecule has 124 valence electrons. The van der Waals surface area contributed by atoms with Gasteiger partial charge in [0.1, 0.15) is 17.2 Å². The van der Waals surface area contributed by atoms with Crippen molar-refractivity contribution in [3.63, 3.8) is 0 Å². The molecule has 0 fully saturated rings. The Labute approximate surface area is 145 Å². The van der Waals surface area contributed by atoms with E-state index in [4.69, 9.17) is 21.1 Å². The molecular formula is C18H18ClN3O2. The Bertz CT molecular complexity index is 745. The van der Waals surface area contributed by atoms with Gasteiger partial charge in [-0.15, -0.1) is 0 Å². The van der Waals surface area contributed by atoms with Crippen molar-refractivity contribution in [3.05, 3.63) is 59.8 Å². The van der Waals surface area contributed by atoms with Gasteiger partial charge in [0.2, 0.25) is 0 Å². The Morgan fingerprint density at radius 3 is 2.38 bits per heavy atom. The van der Waals surface area contributed by atoms with E-state index in [0.717, 1.165) is 35.6 Å². The van der Waals surface area contributed by atoms with Crippen LogP contribution in [0.5, 0.6) is 11.5 Å². The summed E-state index contributed by atoms with van der Waals surface area (Å²) in [7, 11) is 0. The normalized spacial score (nSPS) is 10.5. The van der Waals surface area contributed by atoms with Crippen LogP contribution in [0.15, 0.2) is 54.7 Å². The number of halogens is 1. The van der Waals surface area contributed by atoms with E-state index in [9.17, 15) is 0 Å². The monoisotopic (exact) mass is 343 g/mol. The van der Waals surface area contributed by atoms with Crippen LogP contribution in [-0.2, 0) is 0 Å². The Morgan fingerprint density at radius 1 is 0.917 bits per heavy atom. The molecule has 0 unspecified atom stereocenters. The average Bonchev–Trinajstić information content (AvgIpc) is 3.14. The molecule has 5 nitrogen and oxygen atoms in total. The van der Waals surface area contributed by atoms with Crippen molar-refractivity contribution >= 4 is 11.6 Å². The Morgan fingerprint density at radius 2 is 1.67 bits per heavy atom. The van der Waals surface area contributed by atoms with Gasteiger partial charge in [-0.1, -0.05) is 23.7 Å². The smallest absolute Gasteiger partial charge is 0.119 e. The van der Waals surface area contributed by atoms with Gasteiger partial charge in [0.05, 0.1) is 19.4 Å². The van der Waals surface area contributed by atoms with E-state index in [0.29, 0.717) is 18.2 Å². The fourth-order valence-corrected chi connectivity index (χ4v) is 2.33. The predicted molar refractivity (Wildman–Crippen MR) is 93.5 cm³/mol. The molecule has 0 aliphatic carbocycles. The van der Waals surface area contributed by atoms with Crippen molar-refractivity contribution in [1.29, 1.82) is 0 Å². The van der Waals surface area contributed by atoms with Crippen LogP contribution in [-0.4, -0.2) is 28.6 Å². The zero-order chi connectivity index (χ0) is 16.6. The number of H-pyrrole nitrogens is 1. The van der Waals surface area contributed by atoms with Gasteiger partial charge in [-0.3, -0.25) is 0 Å². The molecule has 0 atom stereocenters. The standard InChI is InChI=1S/C18H18ClN3O2/c19-15-6-8-16(9-7-15)23-10-1-2-11-24-17-5-3-4-14(12-17)18-13-20-22-21-18/h3-9,12-13H,1-2,10-11H2,(H,20,21,22). The number of hydrogen-bond donors (Lipinski definition) is 1. The fourth-order valence-electron chi connectivity index (χ4n) is 2.20. The van der Waals surface area contributed by atoms with Crippen LogP contribution in [0.1, 0.15) is 12.8 Å². The average molecular weight is 344 g/mol. The molecule has 0 saturated heterocycles. The summed E-state index contributed by atoms with van der Waals surface area (Å²) in [5, 5.41) is 11.2. The Balaban J connectivity index is 1.37. The summed E-state index contributed by atoms with van der Waals surface area (Å²) in [6.45, 7) is 1.30. The molecule has 0 saturated carbocycles. The van der Waals surface area contributed by atoms with Gasteiger partial charge < -0.3 is 9.47 Å². The highest BCUT2D eigenvalue weighted by molar-refractivity contribution is 6.30. The molecule has 0 amide bonds. The number of nitrogens with one attached hydrogen (secondary N) is 1. The summed E-state index contributed by atoms with van der Waals surface area (Å²) < 4.78 is 11.4. The van der Waals surface area contributed by atoms with Crippen LogP contribution in [0, 0.1) is 0 Å². The lowest BCUT2D eigenvalue weighted by molar-refractivity contribution is 0.266. The maximum Gasteiger partial charge on any atom is 0.119 e. The minimum Gasteiger partial charge on any atom is -0.494 e. The summed E-state index contributed by atoms with van der Waals surface area (Å²) in [4.78, 5) is 0. The van der Waals surface area contributed by atoms with Gasteiger partial charge in [-0.2, -0.15) is 15.4 Å². The molecule has 3 rings (SSSR count). The second-order valence-electron chi connectivity index (χ2n) is 5.24. The second kappa shape index (κ2) is 8.36. The maximum atomic E-state index is 5.83. The number of aromatic amines is 1. The molecule has 0 aliphatic heterocycles. The molecule has 0 radical (unpaired) electrons. The highest BCUT2D eigenvalue weighted by Gasteiger charge is 2.02. The lowest BCUT2D eigenvalue weighted by Gasteiger charge is -2.08. The molecule has 0 bridgehead atoms. The SMILES string of the molecule is Clc1ccc(OCCCCOc2cccc(-c3cn[nH]n3)c2)cc1. The van der Waals surface area contributed by atoms with E-state index >= 15 is 0 Å². The minimum atomic E-state index is 0.645. The van der Waals surface area contributed by atoms with E-state index in [2.05, 4.69) is 15.4 Å². The molecule has 0 aliphatic rings. The molecule has 1 N–H and O–H groups in total. The molecule has 3 aromatic rings. The summed E-state index contributed by atoms with van der Waals surface area (Å²) in [6.07, 6.45) is 3.53. The van der Waals surface area contributed by atoms with Gasteiger partial charge in [-0.05, 0) is 49.2 Å². The van der Waals surface area contributed by atoms with E-state index in [1.165, 1.54) is 0 Å². The molecular weight excluding hydrogens is 326 g/mol. The third kappa shape index (κ3) is 4.73. The van der Waals surface area contributed by atoms with Gasteiger partial charge in [0.25, 0.3) is 0 Å². The number of rotatable bonds is 8. The van der Waals surface area contributed by atoms with Gasteiger partial charge in [0.15, 0.2) is 0 Å². The Kier molecular flexibility index (Phi) is 5.69. The van der Waals surface area contributed by atoms with Gasteiger partial charge in [0, 0.05) is 10.6 Å². The fraction of sp³-hybridized carbons (Fsp3) is 0.222. The summed E-state index contributed by atoms with van der Waals surface area (Å²) >= 11 is 5.83. The second-order valence-corrected chi connectivity index (χ2v) is 5.68. The van der Waals surface area contributed by atoms with Crippen LogP contribution in [0.2, 0.25) is 5.02 Å². The highest BCUT2D eigenvalue weighted by atomic mass is 35.5. The summed E-state index contributed by atoms with van der Waals surface area (Å²) in [5.74, 6) is 1.66. The molecule has 1 heterocycles. The number of nitrogens with zero attached hydrogens (tertiary/aromatic N) is 2. The van der Waals surface area contributed by atoms with Crippen molar-refractivity contribution in [2.75, 3.05) is 13.2 Å². The number of unbranched alkanes of at least 4 members (excludes halogenated alkanes) is 1. The van der Waals surface area contributed by atoms with Gasteiger partial charge in [-0.25, -0.2) is 0 Å². The molecule has 24 heavy (non-hydrogen) atoms. The van der Waals surface area contributed by atoms with Gasteiger partial charge >= 0.3 is 0 Å². The zero-order valence-electron chi connectivity index (χ0n) is 13.1. The number of benzene rings is 2. The van der Waals surface area contributed by atoms with Crippen molar-refractivity contribution in [3.8, 4) is 22.8 Å². The number of ether oxygens (including phenoxy) is 2. The summed E-state index contributed by atoms with van der Waals surface area (Å²) in [5.41, 5.74) is 1.78. The van der Waals surface area contributed by atoms with E-state index in [-0.39, 0.29) is 0 Å². The third-order valence-corrected chi connectivity index (χ3v) is 3.69. The first kappa shape index (κ1) is 16.3. The maximum absolute atomic E-state index is 5.83. The number of hydrogen-bond acceptors (Lipinski definition) is 4. The molecule has 0 spiro atoms. The lowest BCUT2D eigenvalue weighted by Crippen LogP contribution is -2.02. The van der Waals surface area contributed by atoms with Crippen LogP contribution < -0.4 is 9.47 Å². The summed E-state index contributed by atoms with van der Waals surface area (Å²) in [6, 6.07) is 15.2. The lowest BCUT2D eigenvalue weighted by atomic mass is 10.1. The van der Waals surface area contributed by atoms with Crippen molar-refractivity contribution in [2.24, 2.45) is 0 Å². The van der Waals surface area contributed by atoms with Crippen molar-refractivity contribution in [2.45, 2.75) is 12.8 Å². The molecule has 6 heteroatoms. The first-order chi connectivity index (χ1) is 11.8. The van der Waals surface area contributed by atoms with Crippen molar-refractivity contribution in [1.82, 2.24) is 15.4 Å². The van der Waals surface area contributed by atoms with E-state index < -0.39 is 0 Å². The first-order valence-corrected chi connectivity index (χ1v) is 8.16. The largest absolute Gasteiger partial charge is 0.494 e. The minimum absolute atomic E-state index is 0.645. The van der Waals surface area contributed by atoms with Crippen molar-refractivity contribution < 1.29 is 9.47 Å². The van der Waals surface area contributed by atoms with Crippen LogP contribution in [0.4, 0.5) is 0 Å². The number of aromatic nitrogens is 3. The predicted octanol–water partition coefficient (Wildman–Crippen LogP) is 4.36. The Hall–Kier alpha value is -2.53. The van der Waals surface area contributed by atoms with E-state index in [1.807, 2.05) is 48.5 Å². The molecule has 2 aromatic carbocycles. The zero-order valence-corrected chi connectivity index (χ0v) is 13.9. The first-order valence-electron chi connectivity index (χ1n) is 7.79. The van der Waals surface area contributed by atoms with Crippen LogP contribution in [0.3, 0.4) is 0 Å².